The second kappa shape index (κ2) is 6.48. The molecule has 1 saturated carbocycles. The van der Waals surface area contributed by atoms with Gasteiger partial charge in [0.2, 0.25) is 0 Å². The Morgan fingerprint density at radius 2 is 2.26 bits per heavy atom. The Hall–Kier alpha value is -0.940. The highest BCUT2D eigenvalue weighted by molar-refractivity contribution is 9.10. The van der Waals surface area contributed by atoms with Crippen LogP contribution in [-0.4, -0.2) is 17.6 Å². The van der Waals surface area contributed by atoms with Crippen LogP contribution in [0.15, 0.2) is 22.7 Å². The Morgan fingerprint density at radius 1 is 1.47 bits per heavy atom. The fourth-order valence-electron chi connectivity index (χ4n) is 2.66. The summed E-state index contributed by atoms with van der Waals surface area (Å²) in [6.45, 7) is 1.24. The fourth-order valence-corrected chi connectivity index (χ4v) is 2.90. The zero-order chi connectivity index (χ0) is 13.8. The van der Waals surface area contributed by atoms with Crippen molar-refractivity contribution >= 4 is 21.9 Å². The number of hydrogen-bond donors (Lipinski definition) is 2. The van der Waals surface area contributed by atoms with Gasteiger partial charge in [-0.1, -0.05) is 12.5 Å². The van der Waals surface area contributed by atoms with Crippen molar-refractivity contribution in [3.63, 3.8) is 0 Å². The molecule has 0 amide bonds. The van der Waals surface area contributed by atoms with E-state index >= 15 is 0 Å². The van der Waals surface area contributed by atoms with E-state index in [4.69, 9.17) is 5.11 Å². The van der Waals surface area contributed by atoms with E-state index in [1.165, 1.54) is 6.07 Å². The Kier molecular flexibility index (Phi) is 4.93. The lowest BCUT2D eigenvalue weighted by Crippen LogP contribution is -2.28. The van der Waals surface area contributed by atoms with Crippen LogP contribution in [0, 0.1) is 17.7 Å². The number of benzene rings is 1. The molecule has 1 aromatic rings. The summed E-state index contributed by atoms with van der Waals surface area (Å²) in [6.07, 6.45) is 2.71. The quantitative estimate of drug-likeness (QED) is 0.872. The normalized spacial score (nSPS) is 22.6. The predicted octanol–water partition coefficient (Wildman–Crippen LogP) is 3.18. The minimum atomic E-state index is -0.695. The lowest BCUT2D eigenvalue weighted by molar-refractivity contribution is -0.142. The predicted molar refractivity (Wildman–Crippen MR) is 74.3 cm³/mol. The van der Waals surface area contributed by atoms with Gasteiger partial charge < -0.3 is 10.4 Å². The highest BCUT2D eigenvalue weighted by atomic mass is 79.9. The van der Waals surface area contributed by atoms with Crippen molar-refractivity contribution in [3.8, 4) is 0 Å². The minimum absolute atomic E-state index is 0.192. The molecule has 2 N–H and O–H groups in total. The average molecular weight is 330 g/mol. The fraction of sp³-hybridized carbons (Fsp3) is 0.500. The highest BCUT2D eigenvalue weighted by Gasteiger charge is 2.32. The van der Waals surface area contributed by atoms with Crippen LogP contribution < -0.4 is 5.32 Å². The van der Waals surface area contributed by atoms with Crippen LogP contribution in [0.4, 0.5) is 4.39 Å². The van der Waals surface area contributed by atoms with E-state index in [1.54, 1.807) is 6.07 Å². The summed E-state index contributed by atoms with van der Waals surface area (Å²) < 4.78 is 13.8. The van der Waals surface area contributed by atoms with Crippen molar-refractivity contribution in [1.29, 1.82) is 0 Å². The molecule has 0 bridgehead atoms. The van der Waals surface area contributed by atoms with Gasteiger partial charge in [0.1, 0.15) is 5.82 Å². The number of halogens is 2. The smallest absolute Gasteiger partial charge is 0.306 e. The second-order valence-corrected chi connectivity index (χ2v) is 5.87. The maximum Gasteiger partial charge on any atom is 0.306 e. The van der Waals surface area contributed by atoms with Gasteiger partial charge in [-0.15, -0.1) is 0 Å². The summed E-state index contributed by atoms with van der Waals surface area (Å²) in [5, 5.41) is 12.3. The van der Waals surface area contributed by atoms with Crippen LogP contribution in [0.25, 0.3) is 0 Å². The number of carboxylic acid groups (broad SMARTS) is 1. The SMILES string of the molecule is O=C(O)C1CCCC1CNCc1ccc(Br)c(F)c1. The molecule has 0 saturated heterocycles. The number of hydrogen-bond acceptors (Lipinski definition) is 2. The summed E-state index contributed by atoms with van der Waals surface area (Å²) >= 11 is 3.11. The average Bonchev–Trinajstić information content (AvgIpc) is 2.82. The van der Waals surface area contributed by atoms with Gasteiger partial charge in [-0.3, -0.25) is 4.79 Å². The van der Waals surface area contributed by atoms with Crippen molar-refractivity contribution in [2.45, 2.75) is 25.8 Å². The lowest BCUT2D eigenvalue weighted by Gasteiger charge is -2.16. The highest BCUT2D eigenvalue weighted by Crippen LogP contribution is 2.31. The monoisotopic (exact) mass is 329 g/mol. The molecule has 0 radical (unpaired) electrons. The summed E-state index contributed by atoms with van der Waals surface area (Å²) in [4.78, 5) is 11.0. The van der Waals surface area contributed by atoms with Crippen LogP contribution in [-0.2, 0) is 11.3 Å². The zero-order valence-electron chi connectivity index (χ0n) is 10.5. The maximum atomic E-state index is 13.3. The maximum absolute atomic E-state index is 13.3. The van der Waals surface area contributed by atoms with Crippen LogP contribution >= 0.6 is 15.9 Å². The molecule has 3 nitrogen and oxygen atoms in total. The number of carbonyl (C=O) groups is 1. The van der Waals surface area contributed by atoms with Gasteiger partial charge in [0.25, 0.3) is 0 Å². The topological polar surface area (TPSA) is 49.3 Å². The molecule has 0 aliphatic heterocycles. The molecule has 2 atom stereocenters. The molecule has 5 heteroatoms. The molecular formula is C14H17BrFNO2. The standard InChI is InChI=1S/C14H17BrFNO2/c15-12-5-4-9(6-13(12)16)7-17-8-10-2-1-3-11(10)14(18)19/h4-6,10-11,17H,1-3,7-8H2,(H,18,19). The molecule has 104 valence electrons. The van der Waals surface area contributed by atoms with Crippen LogP contribution in [0.1, 0.15) is 24.8 Å². The molecule has 1 aliphatic rings. The first-order valence-corrected chi connectivity index (χ1v) is 7.24. The summed E-state index contributed by atoms with van der Waals surface area (Å²) in [6, 6.07) is 5.02. The van der Waals surface area contributed by atoms with E-state index < -0.39 is 5.97 Å². The molecule has 1 fully saturated rings. The minimum Gasteiger partial charge on any atom is -0.481 e. The Labute approximate surface area is 120 Å². The molecule has 2 rings (SSSR count). The molecule has 1 aliphatic carbocycles. The number of nitrogens with one attached hydrogen (secondary N) is 1. The van der Waals surface area contributed by atoms with Gasteiger partial charge in [-0.05, 0) is 58.9 Å². The van der Waals surface area contributed by atoms with E-state index in [0.717, 1.165) is 24.8 Å². The van der Waals surface area contributed by atoms with E-state index in [1.807, 2.05) is 6.07 Å². The van der Waals surface area contributed by atoms with Crippen LogP contribution in [0.3, 0.4) is 0 Å². The van der Waals surface area contributed by atoms with Crippen molar-refractivity contribution in [1.82, 2.24) is 5.32 Å². The van der Waals surface area contributed by atoms with Gasteiger partial charge in [0.05, 0.1) is 10.4 Å². The Morgan fingerprint density at radius 3 is 2.95 bits per heavy atom. The van der Waals surface area contributed by atoms with E-state index in [2.05, 4.69) is 21.2 Å². The number of carboxylic acids is 1. The number of aliphatic carboxylic acids is 1. The molecule has 19 heavy (non-hydrogen) atoms. The van der Waals surface area contributed by atoms with Crippen LogP contribution in [0.5, 0.6) is 0 Å². The van der Waals surface area contributed by atoms with E-state index in [9.17, 15) is 9.18 Å². The Balaban J connectivity index is 1.83. The zero-order valence-corrected chi connectivity index (χ0v) is 12.1. The van der Waals surface area contributed by atoms with Crippen molar-refractivity contribution in [3.05, 3.63) is 34.1 Å². The summed E-state index contributed by atoms with van der Waals surface area (Å²) in [5.74, 6) is -1.01. The molecule has 1 aromatic carbocycles. The molecular weight excluding hydrogens is 313 g/mol. The molecule has 0 aromatic heterocycles. The van der Waals surface area contributed by atoms with E-state index in [-0.39, 0.29) is 17.7 Å². The molecule has 0 heterocycles. The van der Waals surface area contributed by atoms with Gasteiger partial charge >= 0.3 is 5.97 Å². The summed E-state index contributed by atoms with van der Waals surface area (Å²) in [7, 11) is 0. The third-order valence-corrected chi connectivity index (χ3v) is 4.34. The summed E-state index contributed by atoms with van der Waals surface area (Å²) in [5.41, 5.74) is 0.866. The molecule has 2 unspecified atom stereocenters. The first kappa shape index (κ1) is 14.5. The Bertz CT molecular complexity index is 467. The van der Waals surface area contributed by atoms with Gasteiger partial charge in [-0.25, -0.2) is 4.39 Å². The van der Waals surface area contributed by atoms with Crippen molar-refractivity contribution in [2.24, 2.45) is 11.8 Å². The molecule has 0 spiro atoms. The van der Waals surface area contributed by atoms with Gasteiger partial charge in [0, 0.05) is 6.54 Å². The van der Waals surface area contributed by atoms with Crippen molar-refractivity contribution < 1.29 is 14.3 Å². The second-order valence-electron chi connectivity index (χ2n) is 5.02. The third-order valence-electron chi connectivity index (χ3n) is 3.70. The number of rotatable bonds is 5. The van der Waals surface area contributed by atoms with Crippen LogP contribution in [0.2, 0.25) is 0 Å². The van der Waals surface area contributed by atoms with Crippen molar-refractivity contribution in [2.75, 3.05) is 6.54 Å². The van der Waals surface area contributed by atoms with Gasteiger partial charge in [0.15, 0.2) is 0 Å². The first-order valence-electron chi connectivity index (χ1n) is 6.45. The van der Waals surface area contributed by atoms with E-state index in [0.29, 0.717) is 17.6 Å². The largest absolute Gasteiger partial charge is 0.481 e. The lowest BCUT2D eigenvalue weighted by atomic mass is 9.96. The first-order chi connectivity index (χ1) is 9.08. The van der Waals surface area contributed by atoms with Gasteiger partial charge in [-0.2, -0.15) is 0 Å². The third kappa shape index (κ3) is 3.76.